The summed E-state index contributed by atoms with van der Waals surface area (Å²) in [6.45, 7) is 0.582. The summed E-state index contributed by atoms with van der Waals surface area (Å²) in [7, 11) is 1.50. The van der Waals surface area contributed by atoms with Crippen LogP contribution in [0.5, 0.6) is 11.5 Å². The molecule has 5 rings (SSSR count). The Morgan fingerprint density at radius 1 is 1.15 bits per heavy atom. The first-order valence-electron chi connectivity index (χ1n) is 14.6. The van der Waals surface area contributed by atoms with Gasteiger partial charge in [-0.3, -0.25) is 9.59 Å². The maximum Gasteiger partial charge on any atom is 0.247 e. The molecule has 40 heavy (non-hydrogen) atoms. The zero-order chi connectivity index (χ0) is 28.2. The van der Waals surface area contributed by atoms with Crippen LogP contribution in [-0.4, -0.2) is 89.8 Å². The van der Waals surface area contributed by atoms with E-state index in [9.17, 15) is 24.9 Å². The van der Waals surface area contributed by atoms with E-state index in [4.69, 9.17) is 14.2 Å². The van der Waals surface area contributed by atoms with E-state index in [-0.39, 0.29) is 31.8 Å². The predicted octanol–water partition coefficient (Wildman–Crippen LogP) is 1.79. The Bertz CT molecular complexity index is 1100. The van der Waals surface area contributed by atoms with E-state index in [1.807, 2.05) is 0 Å². The fourth-order valence-corrected chi connectivity index (χ4v) is 6.79. The van der Waals surface area contributed by atoms with Crippen molar-refractivity contribution in [2.45, 2.75) is 88.2 Å². The normalized spacial score (nSPS) is 27.5. The van der Waals surface area contributed by atoms with Gasteiger partial charge in [-0.15, -0.1) is 0 Å². The molecule has 0 spiro atoms. The highest BCUT2D eigenvalue weighted by Crippen LogP contribution is 2.51. The first kappa shape index (κ1) is 28.9. The van der Waals surface area contributed by atoms with Crippen LogP contribution in [0.2, 0.25) is 0 Å². The van der Waals surface area contributed by atoms with E-state index in [2.05, 4.69) is 5.32 Å². The molecule has 0 unspecified atom stereocenters. The lowest BCUT2D eigenvalue weighted by molar-refractivity contribution is -0.139. The number of methoxy groups -OCH3 is 1. The number of nitrogens with one attached hydrogen (secondary N) is 1. The third-order valence-corrected chi connectivity index (χ3v) is 8.84. The summed E-state index contributed by atoms with van der Waals surface area (Å²) < 4.78 is 17.7. The summed E-state index contributed by atoms with van der Waals surface area (Å²) >= 11 is 0. The molecule has 2 aliphatic heterocycles. The second-order valence-corrected chi connectivity index (χ2v) is 11.4. The second-order valence-electron chi connectivity index (χ2n) is 11.4. The van der Waals surface area contributed by atoms with Gasteiger partial charge >= 0.3 is 0 Å². The van der Waals surface area contributed by atoms with Crippen LogP contribution in [0.25, 0.3) is 0 Å². The maximum absolute atomic E-state index is 13.8. The summed E-state index contributed by atoms with van der Waals surface area (Å²) in [5, 5.41) is 33.7. The van der Waals surface area contributed by atoms with Crippen molar-refractivity contribution in [1.82, 2.24) is 10.2 Å². The van der Waals surface area contributed by atoms with E-state index in [1.54, 1.807) is 23.1 Å². The van der Waals surface area contributed by atoms with Gasteiger partial charge in [-0.2, -0.15) is 0 Å². The molecule has 4 N–H and O–H groups in total. The lowest BCUT2D eigenvalue weighted by atomic mass is 9.77. The summed E-state index contributed by atoms with van der Waals surface area (Å²) in [4.78, 5) is 28.9. The van der Waals surface area contributed by atoms with Gasteiger partial charge < -0.3 is 39.7 Å². The summed E-state index contributed by atoms with van der Waals surface area (Å²) in [5.41, 5.74) is 1.58. The highest BCUT2D eigenvalue weighted by molar-refractivity contribution is 5.96. The summed E-state index contributed by atoms with van der Waals surface area (Å²) in [5.74, 6) is 0.254. The van der Waals surface area contributed by atoms with Crippen LogP contribution in [0.1, 0.15) is 68.4 Å². The van der Waals surface area contributed by atoms with Crippen LogP contribution in [0, 0.1) is 5.92 Å². The number of carbonyl (C=O) groups excluding carboxylic acids is 2. The molecule has 5 atom stereocenters. The van der Waals surface area contributed by atoms with Gasteiger partial charge in [-0.05, 0) is 49.0 Å². The third kappa shape index (κ3) is 5.86. The van der Waals surface area contributed by atoms with Crippen molar-refractivity contribution in [2.24, 2.45) is 5.92 Å². The van der Waals surface area contributed by atoms with Gasteiger partial charge in [0, 0.05) is 37.3 Å². The number of fused-ring (bicyclic) bond motifs is 3. The second kappa shape index (κ2) is 12.9. The summed E-state index contributed by atoms with van der Waals surface area (Å²) in [6, 6.07) is 2.64. The number of carbonyl (C=O) groups is 2. The van der Waals surface area contributed by atoms with Crippen LogP contribution >= 0.6 is 0 Å². The number of aliphatic hydroxyl groups is 3. The quantitative estimate of drug-likeness (QED) is 0.323. The van der Waals surface area contributed by atoms with Crippen LogP contribution in [0.4, 0.5) is 0 Å². The van der Waals surface area contributed by atoms with Gasteiger partial charge in [0.15, 0.2) is 11.5 Å². The molecule has 0 aromatic heterocycles. The summed E-state index contributed by atoms with van der Waals surface area (Å²) in [6.07, 6.45) is 7.24. The fourth-order valence-electron chi connectivity index (χ4n) is 6.79. The van der Waals surface area contributed by atoms with Gasteiger partial charge in [0.05, 0.1) is 38.4 Å². The van der Waals surface area contributed by atoms with Crippen molar-refractivity contribution in [2.75, 3.05) is 33.4 Å². The Kier molecular flexibility index (Phi) is 9.30. The molecule has 0 radical (unpaired) electrons. The average Bonchev–Trinajstić information content (AvgIpc) is 3.75. The number of nitrogens with zero attached hydrogens (tertiary/aromatic N) is 1. The number of amides is 2. The standard InChI is InChI=1S/C30H42N2O8/c1-38-24-14-19(17-34)13-21-26-22(30(37)31-10-11-33)15-23(27(36)29(26)40-28(21)24)32(16-20-7-4-12-39-20)25(35)9-8-18-5-2-3-6-18/h13-15,18,20,23,26-27,29,33-34,36H,2-12,16-17H2,1H3,(H,31,37)/t20-,23+,26-,27-,29-/m0/s1. The molecule has 1 saturated heterocycles. The molecule has 1 aromatic rings. The Balaban J connectivity index is 1.50. The van der Waals surface area contributed by atoms with Crippen LogP contribution in [-0.2, 0) is 20.9 Å². The highest BCUT2D eigenvalue weighted by atomic mass is 16.5. The molecule has 2 amide bonds. The highest BCUT2D eigenvalue weighted by Gasteiger charge is 2.51. The minimum absolute atomic E-state index is 0.0630. The number of hydrogen-bond acceptors (Lipinski definition) is 8. The monoisotopic (exact) mass is 558 g/mol. The largest absolute Gasteiger partial charge is 0.493 e. The van der Waals surface area contributed by atoms with E-state index in [0.29, 0.717) is 53.7 Å². The molecule has 220 valence electrons. The van der Waals surface area contributed by atoms with Crippen molar-refractivity contribution < 1.29 is 39.1 Å². The van der Waals surface area contributed by atoms with Crippen LogP contribution < -0.4 is 14.8 Å². The molecule has 2 heterocycles. The molecular weight excluding hydrogens is 516 g/mol. The van der Waals surface area contributed by atoms with Crippen molar-refractivity contribution in [3.8, 4) is 11.5 Å². The van der Waals surface area contributed by atoms with Gasteiger partial charge in [-0.1, -0.05) is 25.7 Å². The van der Waals surface area contributed by atoms with Gasteiger partial charge in [-0.25, -0.2) is 0 Å². The molecule has 2 fully saturated rings. The predicted molar refractivity (Wildman–Crippen MR) is 146 cm³/mol. The first-order chi connectivity index (χ1) is 19.4. The number of ether oxygens (including phenoxy) is 3. The Morgan fingerprint density at radius 3 is 2.62 bits per heavy atom. The van der Waals surface area contributed by atoms with Crippen molar-refractivity contribution in [1.29, 1.82) is 0 Å². The van der Waals surface area contributed by atoms with Gasteiger partial charge in [0.2, 0.25) is 11.8 Å². The minimum Gasteiger partial charge on any atom is -0.493 e. The number of aliphatic hydroxyl groups excluding tert-OH is 3. The van der Waals surface area contributed by atoms with Gasteiger partial charge in [0.1, 0.15) is 12.2 Å². The zero-order valence-electron chi connectivity index (χ0n) is 23.2. The number of hydrogen-bond donors (Lipinski definition) is 4. The molecule has 10 nitrogen and oxygen atoms in total. The Labute approximate surface area is 235 Å². The third-order valence-electron chi connectivity index (χ3n) is 8.84. The molecule has 0 bridgehead atoms. The topological polar surface area (TPSA) is 138 Å². The average molecular weight is 559 g/mol. The van der Waals surface area contributed by atoms with Gasteiger partial charge in [0.25, 0.3) is 0 Å². The number of benzene rings is 1. The molecule has 2 aliphatic carbocycles. The van der Waals surface area contributed by atoms with E-state index < -0.39 is 30.1 Å². The van der Waals surface area contributed by atoms with Crippen molar-refractivity contribution in [3.63, 3.8) is 0 Å². The van der Waals surface area contributed by atoms with Crippen molar-refractivity contribution >= 4 is 11.8 Å². The van der Waals surface area contributed by atoms with Crippen LogP contribution in [0.3, 0.4) is 0 Å². The molecular formula is C30H42N2O8. The molecule has 1 aromatic carbocycles. The lowest BCUT2D eigenvalue weighted by Gasteiger charge is -2.41. The lowest BCUT2D eigenvalue weighted by Crippen LogP contribution is -2.57. The Hall–Kier alpha value is -2.66. The zero-order valence-corrected chi connectivity index (χ0v) is 23.2. The van der Waals surface area contributed by atoms with E-state index in [1.165, 1.54) is 20.0 Å². The van der Waals surface area contributed by atoms with Crippen molar-refractivity contribution in [3.05, 3.63) is 34.9 Å². The fraction of sp³-hybridized carbons (Fsp3) is 0.667. The molecule has 10 heteroatoms. The van der Waals surface area contributed by atoms with E-state index in [0.717, 1.165) is 32.1 Å². The minimum atomic E-state index is -1.12. The molecule has 1 saturated carbocycles. The number of rotatable bonds is 11. The first-order valence-corrected chi connectivity index (χ1v) is 14.6. The maximum atomic E-state index is 13.8. The van der Waals surface area contributed by atoms with Crippen LogP contribution in [0.15, 0.2) is 23.8 Å². The Morgan fingerprint density at radius 2 is 1.95 bits per heavy atom. The molecule has 4 aliphatic rings. The van der Waals surface area contributed by atoms with E-state index >= 15 is 0 Å². The smallest absolute Gasteiger partial charge is 0.247 e. The SMILES string of the molecule is COc1cc(CO)cc2c1O[C@@H]1[C@@H](O)[C@H](N(C[C@@H]3CCCO3)C(=O)CCC3CCCC3)C=C(C(=O)NCCO)[C@H]21.